The number of hydrogen-bond acceptors (Lipinski definition) is 3. The van der Waals surface area contributed by atoms with Crippen molar-refractivity contribution in [2.75, 3.05) is 13.6 Å². The monoisotopic (exact) mass is 217 g/mol. The predicted molar refractivity (Wildman–Crippen MR) is 59.8 cm³/mol. The van der Waals surface area contributed by atoms with E-state index in [-0.39, 0.29) is 12.6 Å². The highest BCUT2D eigenvalue weighted by molar-refractivity contribution is 5.76. The van der Waals surface area contributed by atoms with Gasteiger partial charge >= 0.3 is 5.97 Å². The fraction of sp³-hybridized carbons (Fsp3) is 0.909. The first-order chi connectivity index (χ1) is 6.66. The minimum absolute atomic E-state index is 0.149. The normalized spacial score (nSPS) is 17.9. The molecule has 4 nitrogen and oxygen atoms in total. The average molecular weight is 217 g/mol. The Morgan fingerprint density at radius 2 is 1.87 bits per heavy atom. The summed E-state index contributed by atoms with van der Waals surface area (Å²) in [6.07, 6.45) is 0.992. The molecule has 0 aromatic carbocycles. The molecule has 15 heavy (non-hydrogen) atoms. The van der Waals surface area contributed by atoms with Crippen LogP contribution in [-0.4, -0.2) is 46.3 Å². The van der Waals surface area contributed by atoms with E-state index in [9.17, 15) is 9.90 Å². The van der Waals surface area contributed by atoms with Crippen LogP contribution in [0.25, 0.3) is 0 Å². The third kappa shape index (κ3) is 5.14. The van der Waals surface area contributed by atoms with Crippen molar-refractivity contribution in [3.63, 3.8) is 0 Å². The Labute approximate surface area is 91.9 Å². The standard InChI is InChI=1S/C11H23NO3/c1-8(2)6-9(3)12(5)7-11(4,15)10(13)14/h8-9,15H,6-7H2,1-5H3,(H,13,14). The number of hydrogen-bond donors (Lipinski definition) is 2. The lowest BCUT2D eigenvalue weighted by Gasteiger charge is -2.31. The first kappa shape index (κ1) is 14.4. The molecule has 0 aromatic rings. The summed E-state index contributed by atoms with van der Waals surface area (Å²) in [6.45, 7) is 7.77. The van der Waals surface area contributed by atoms with Gasteiger partial charge < -0.3 is 15.1 Å². The molecule has 0 rings (SSSR count). The van der Waals surface area contributed by atoms with Crippen LogP contribution in [0.4, 0.5) is 0 Å². The smallest absolute Gasteiger partial charge is 0.336 e. The van der Waals surface area contributed by atoms with Crippen molar-refractivity contribution in [1.29, 1.82) is 0 Å². The van der Waals surface area contributed by atoms with E-state index in [4.69, 9.17) is 5.11 Å². The fourth-order valence-corrected chi connectivity index (χ4v) is 1.57. The molecule has 0 aromatic heterocycles. The van der Waals surface area contributed by atoms with Crippen LogP contribution in [0.15, 0.2) is 0 Å². The molecule has 0 aliphatic carbocycles. The zero-order valence-electron chi connectivity index (χ0n) is 10.3. The predicted octanol–water partition coefficient (Wildman–Crippen LogP) is 1.19. The summed E-state index contributed by atoms with van der Waals surface area (Å²) < 4.78 is 0. The molecular weight excluding hydrogens is 194 g/mol. The highest BCUT2D eigenvalue weighted by Gasteiger charge is 2.32. The van der Waals surface area contributed by atoms with Gasteiger partial charge in [-0.2, -0.15) is 0 Å². The third-order valence-corrected chi connectivity index (χ3v) is 2.58. The SMILES string of the molecule is CC(C)CC(C)N(C)CC(C)(O)C(=O)O. The van der Waals surface area contributed by atoms with Crippen LogP contribution in [0.1, 0.15) is 34.1 Å². The van der Waals surface area contributed by atoms with E-state index in [0.717, 1.165) is 6.42 Å². The number of carboxylic acid groups (broad SMARTS) is 1. The first-order valence-corrected chi connectivity index (χ1v) is 5.33. The van der Waals surface area contributed by atoms with E-state index >= 15 is 0 Å². The number of rotatable bonds is 6. The van der Waals surface area contributed by atoms with Crippen LogP contribution in [0, 0.1) is 5.92 Å². The van der Waals surface area contributed by atoms with Gasteiger partial charge in [0.05, 0.1) is 0 Å². The highest BCUT2D eigenvalue weighted by atomic mass is 16.4. The van der Waals surface area contributed by atoms with Crippen molar-refractivity contribution in [2.45, 2.75) is 45.8 Å². The maximum absolute atomic E-state index is 10.7. The van der Waals surface area contributed by atoms with Gasteiger partial charge in [-0.05, 0) is 33.2 Å². The molecule has 2 N–H and O–H groups in total. The third-order valence-electron chi connectivity index (χ3n) is 2.58. The molecule has 0 aliphatic heterocycles. The lowest BCUT2D eigenvalue weighted by Crippen LogP contribution is -2.48. The van der Waals surface area contributed by atoms with Crippen molar-refractivity contribution in [3.8, 4) is 0 Å². The molecule has 0 aliphatic rings. The quantitative estimate of drug-likeness (QED) is 0.701. The van der Waals surface area contributed by atoms with Crippen molar-refractivity contribution in [2.24, 2.45) is 5.92 Å². The molecule has 2 atom stereocenters. The molecule has 0 bridgehead atoms. The molecule has 90 valence electrons. The summed E-state index contributed by atoms with van der Waals surface area (Å²) in [5.41, 5.74) is -1.67. The Bertz CT molecular complexity index is 214. The van der Waals surface area contributed by atoms with Gasteiger partial charge in [0.15, 0.2) is 5.60 Å². The van der Waals surface area contributed by atoms with E-state index in [1.54, 1.807) is 0 Å². The molecule has 0 spiro atoms. The summed E-state index contributed by atoms with van der Waals surface area (Å²) in [5, 5.41) is 18.4. The van der Waals surface area contributed by atoms with Gasteiger partial charge in [0.2, 0.25) is 0 Å². The number of likely N-dealkylation sites (N-methyl/N-ethyl adjacent to an activating group) is 1. The Morgan fingerprint density at radius 3 is 2.20 bits per heavy atom. The Kier molecular flexibility index (Phi) is 5.24. The van der Waals surface area contributed by atoms with Gasteiger partial charge in [-0.25, -0.2) is 4.79 Å². The number of aliphatic carboxylic acids is 1. The number of carbonyl (C=O) groups is 1. The summed E-state index contributed by atoms with van der Waals surface area (Å²) in [7, 11) is 1.84. The summed E-state index contributed by atoms with van der Waals surface area (Å²) in [4.78, 5) is 12.6. The topological polar surface area (TPSA) is 60.8 Å². The van der Waals surface area contributed by atoms with Crippen molar-refractivity contribution >= 4 is 5.97 Å². The fourth-order valence-electron chi connectivity index (χ4n) is 1.57. The van der Waals surface area contributed by atoms with Crippen LogP contribution in [0.2, 0.25) is 0 Å². The molecule has 2 unspecified atom stereocenters. The Hall–Kier alpha value is -0.610. The van der Waals surface area contributed by atoms with Gasteiger partial charge in [-0.1, -0.05) is 13.8 Å². The van der Waals surface area contributed by atoms with Crippen LogP contribution in [-0.2, 0) is 4.79 Å². The van der Waals surface area contributed by atoms with E-state index < -0.39 is 11.6 Å². The van der Waals surface area contributed by atoms with E-state index in [0.29, 0.717) is 5.92 Å². The van der Waals surface area contributed by atoms with Gasteiger partial charge in [0, 0.05) is 12.6 Å². The molecule has 0 amide bonds. The Morgan fingerprint density at radius 1 is 1.40 bits per heavy atom. The van der Waals surface area contributed by atoms with Gasteiger partial charge in [-0.15, -0.1) is 0 Å². The number of aliphatic hydroxyl groups is 1. The second-order valence-corrected chi connectivity index (χ2v) is 4.97. The van der Waals surface area contributed by atoms with Crippen LogP contribution in [0.5, 0.6) is 0 Å². The Balaban J connectivity index is 4.23. The van der Waals surface area contributed by atoms with E-state index in [1.807, 2.05) is 18.9 Å². The zero-order valence-corrected chi connectivity index (χ0v) is 10.3. The second kappa shape index (κ2) is 5.47. The minimum atomic E-state index is -1.67. The van der Waals surface area contributed by atoms with Gasteiger partial charge in [-0.3, -0.25) is 0 Å². The molecule has 0 saturated carbocycles. The largest absolute Gasteiger partial charge is 0.479 e. The van der Waals surface area contributed by atoms with E-state index in [1.165, 1.54) is 6.92 Å². The number of nitrogens with zero attached hydrogens (tertiary/aromatic N) is 1. The molecule has 0 fully saturated rings. The molecule has 0 radical (unpaired) electrons. The van der Waals surface area contributed by atoms with Gasteiger partial charge in [0.25, 0.3) is 0 Å². The molecule has 4 heteroatoms. The molecule has 0 heterocycles. The lowest BCUT2D eigenvalue weighted by molar-refractivity contribution is -0.158. The van der Waals surface area contributed by atoms with Crippen LogP contribution in [0.3, 0.4) is 0 Å². The summed E-state index contributed by atoms with van der Waals surface area (Å²) in [6, 6.07) is 0.274. The summed E-state index contributed by atoms with van der Waals surface area (Å²) >= 11 is 0. The molecule has 0 saturated heterocycles. The van der Waals surface area contributed by atoms with Crippen LogP contribution < -0.4 is 0 Å². The highest BCUT2D eigenvalue weighted by Crippen LogP contribution is 2.13. The van der Waals surface area contributed by atoms with Crippen molar-refractivity contribution in [1.82, 2.24) is 4.90 Å². The maximum Gasteiger partial charge on any atom is 0.336 e. The maximum atomic E-state index is 10.7. The van der Waals surface area contributed by atoms with Gasteiger partial charge in [0.1, 0.15) is 0 Å². The lowest BCUT2D eigenvalue weighted by atomic mass is 10.0. The number of carboxylic acids is 1. The average Bonchev–Trinajstić information content (AvgIpc) is 2.01. The van der Waals surface area contributed by atoms with Crippen LogP contribution >= 0.6 is 0 Å². The summed E-state index contributed by atoms with van der Waals surface area (Å²) in [5.74, 6) is -0.608. The second-order valence-electron chi connectivity index (χ2n) is 4.97. The first-order valence-electron chi connectivity index (χ1n) is 5.33. The van der Waals surface area contributed by atoms with E-state index in [2.05, 4.69) is 13.8 Å². The minimum Gasteiger partial charge on any atom is -0.479 e. The van der Waals surface area contributed by atoms with Crippen molar-refractivity contribution in [3.05, 3.63) is 0 Å². The van der Waals surface area contributed by atoms with Crippen molar-refractivity contribution < 1.29 is 15.0 Å². The zero-order chi connectivity index (χ0) is 12.2. The molecular formula is C11H23NO3.